The molecule has 1 aromatic carbocycles. The van der Waals surface area contributed by atoms with Crippen LogP contribution in [-0.2, 0) is 20.5 Å². The van der Waals surface area contributed by atoms with Gasteiger partial charge in [-0.15, -0.1) is 0 Å². The minimum atomic E-state index is -3.54. The van der Waals surface area contributed by atoms with Crippen LogP contribution in [0, 0.1) is 6.92 Å². The number of thioether (sulfide) groups is 1. The number of hydrogen-bond acceptors (Lipinski definition) is 8. The third-order valence-corrected chi connectivity index (χ3v) is 7.33. The Morgan fingerprint density at radius 3 is 2.66 bits per heavy atom. The van der Waals surface area contributed by atoms with Gasteiger partial charge in [-0.25, -0.2) is 13.4 Å². The fourth-order valence-corrected chi connectivity index (χ4v) is 4.96. The SMILES string of the molecule is Cc1ccccc1-c1noc(CSc2ccc(S(=O)(=O)N3CCOCC3)cn2)n1. The molecular weight excluding hydrogens is 412 g/mol. The first kappa shape index (κ1) is 20.0. The zero-order valence-corrected chi connectivity index (χ0v) is 17.4. The first-order valence-electron chi connectivity index (χ1n) is 9.09. The molecule has 0 N–H and O–H groups in total. The smallest absolute Gasteiger partial charge is 0.244 e. The highest BCUT2D eigenvalue weighted by Crippen LogP contribution is 2.25. The van der Waals surface area contributed by atoms with Gasteiger partial charge in [-0.1, -0.05) is 41.2 Å². The van der Waals surface area contributed by atoms with Gasteiger partial charge in [0.05, 0.1) is 24.0 Å². The van der Waals surface area contributed by atoms with Crippen LogP contribution in [0.1, 0.15) is 11.5 Å². The zero-order valence-electron chi connectivity index (χ0n) is 15.8. The van der Waals surface area contributed by atoms with E-state index in [9.17, 15) is 8.42 Å². The maximum Gasteiger partial charge on any atom is 0.244 e. The van der Waals surface area contributed by atoms with E-state index < -0.39 is 10.0 Å². The molecule has 0 radical (unpaired) electrons. The minimum absolute atomic E-state index is 0.184. The summed E-state index contributed by atoms with van der Waals surface area (Å²) in [6, 6.07) is 11.1. The van der Waals surface area contributed by atoms with Gasteiger partial charge >= 0.3 is 0 Å². The molecule has 1 saturated heterocycles. The van der Waals surface area contributed by atoms with Gasteiger partial charge in [-0.3, -0.25) is 0 Å². The van der Waals surface area contributed by atoms with Crippen molar-refractivity contribution in [2.45, 2.75) is 22.6 Å². The number of morpholine rings is 1. The monoisotopic (exact) mass is 432 g/mol. The number of hydrogen-bond donors (Lipinski definition) is 0. The zero-order chi connectivity index (χ0) is 20.3. The van der Waals surface area contributed by atoms with Crippen LogP contribution in [0.5, 0.6) is 0 Å². The predicted molar refractivity (Wildman–Crippen MR) is 108 cm³/mol. The summed E-state index contributed by atoms with van der Waals surface area (Å²) in [4.78, 5) is 8.89. The summed E-state index contributed by atoms with van der Waals surface area (Å²) in [5, 5.41) is 4.72. The Balaban J connectivity index is 1.40. The Labute approximate surface area is 173 Å². The molecule has 0 amide bonds. The highest BCUT2D eigenvalue weighted by atomic mass is 32.2. The fourth-order valence-electron chi connectivity index (χ4n) is 2.92. The first-order valence-corrected chi connectivity index (χ1v) is 11.5. The van der Waals surface area contributed by atoms with E-state index in [-0.39, 0.29) is 4.90 Å². The first-order chi connectivity index (χ1) is 14.0. The van der Waals surface area contributed by atoms with Crippen molar-refractivity contribution in [3.63, 3.8) is 0 Å². The van der Waals surface area contributed by atoms with Crippen molar-refractivity contribution >= 4 is 21.8 Å². The van der Waals surface area contributed by atoms with E-state index in [4.69, 9.17) is 9.26 Å². The van der Waals surface area contributed by atoms with E-state index in [2.05, 4.69) is 15.1 Å². The Morgan fingerprint density at radius 2 is 1.93 bits per heavy atom. The summed E-state index contributed by atoms with van der Waals surface area (Å²) in [6.07, 6.45) is 1.39. The van der Waals surface area contributed by atoms with Crippen LogP contribution in [0.2, 0.25) is 0 Å². The molecule has 8 nitrogen and oxygen atoms in total. The number of rotatable bonds is 6. The van der Waals surface area contributed by atoms with Crippen molar-refractivity contribution in [2.75, 3.05) is 26.3 Å². The Bertz CT molecular complexity index is 1080. The highest BCUT2D eigenvalue weighted by molar-refractivity contribution is 7.98. The predicted octanol–water partition coefficient (Wildman–Crippen LogP) is 2.75. The lowest BCUT2D eigenvalue weighted by Gasteiger charge is -2.25. The van der Waals surface area contributed by atoms with E-state index in [1.807, 2.05) is 31.2 Å². The number of aromatic nitrogens is 3. The molecule has 0 spiro atoms. The Morgan fingerprint density at radius 1 is 1.14 bits per heavy atom. The third-order valence-electron chi connectivity index (χ3n) is 4.51. The van der Waals surface area contributed by atoms with E-state index in [1.54, 1.807) is 12.1 Å². The summed E-state index contributed by atoms with van der Waals surface area (Å²) in [6.45, 7) is 3.54. The molecule has 0 atom stereocenters. The third kappa shape index (κ3) is 4.50. The lowest BCUT2D eigenvalue weighted by molar-refractivity contribution is 0.0730. The fraction of sp³-hybridized carbons (Fsp3) is 0.316. The van der Waals surface area contributed by atoms with Crippen molar-refractivity contribution in [3.05, 3.63) is 54.0 Å². The van der Waals surface area contributed by atoms with Crippen molar-refractivity contribution in [2.24, 2.45) is 0 Å². The van der Waals surface area contributed by atoms with Gasteiger partial charge in [-0.05, 0) is 24.6 Å². The van der Waals surface area contributed by atoms with Crippen LogP contribution in [0.15, 0.2) is 57.0 Å². The number of aryl methyl sites for hydroxylation is 1. The summed E-state index contributed by atoms with van der Waals surface area (Å²) < 4.78 is 37.2. The van der Waals surface area contributed by atoms with Gasteiger partial charge in [0.2, 0.25) is 21.7 Å². The Kier molecular flexibility index (Phi) is 5.95. The molecule has 0 saturated carbocycles. The maximum absolute atomic E-state index is 12.6. The topological polar surface area (TPSA) is 98.4 Å². The van der Waals surface area contributed by atoms with Crippen molar-refractivity contribution in [1.29, 1.82) is 0 Å². The van der Waals surface area contributed by atoms with Crippen LogP contribution < -0.4 is 0 Å². The second kappa shape index (κ2) is 8.62. The molecular formula is C19H20N4O4S2. The second-order valence-corrected chi connectivity index (χ2v) is 9.40. The van der Waals surface area contributed by atoms with E-state index in [1.165, 1.54) is 22.3 Å². The lowest BCUT2D eigenvalue weighted by atomic mass is 10.1. The van der Waals surface area contributed by atoms with E-state index in [0.29, 0.717) is 48.8 Å². The van der Waals surface area contributed by atoms with Crippen molar-refractivity contribution in [1.82, 2.24) is 19.4 Å². The molecule has 10 heteroatoms. The molecule has 0 bridgehead atoms. The van der Waals surface area contributed by atoms with Crippen molar-refractivity contribution in [3.8, 4) is 11.4 Å². The van der Waals surface area contributed by atoms with Gasteiger partial charge in [0.25, 0.3) is 0 Å². The van der Waals surface area contributed by atoms with E-state index in [0.717, 1.165) is 11.1 Å². The average Bonchev–Trinajstić information content (AvgIpc) is 3.22. The average molecular weight is 433 g/mol. The summed E-state index contributed by atoms with van der Waals surface area (Å²) in [7, 11) is -3.54. The number of ether oxygens (including phenoxy) is 1. The summed E-state index contributed by atoms with van der Waals surface area (Å²) >= 11 is 1.41. The quantitative estimate of drug-likeness (QED) is 0.549. The molecule has 0 unspecified atom stereocenters. The number of benzene rings is 1. The molecule has 0 aliphatic carbocycles. The number of pyridine rings is 1. The van der Waals surface area contributed by atoms with Crippen LogP contribution in [0.25, 0.3) is 11.4 Å². The van der Waals surface area contributed by atoms with Gasteiger partial charge < -0.3 is 9.26 Å². The van der Waals surface area contributed by atoms with Crippen LogP contribution >= 0.6 is 11.8 Å². The van der Waals surface area contributed by atoms with Crippen LogP contribution in [0.4, 0.5) is 0 Å². The second-order valence-electron chi connectivity index (χ2n) is 6.46. The van der Waals surface area contributed by atoms with Crippen LogP contribution in [0.3, 0.4) is 0 Å². The molecule has 29 heavy (non-hydrogen) atoms. The standard InChI is InChI=1S/C19H20N4O4S2/c1-14-4-2-3-5-16(14)19-21-17(27-22-19)13-28-18-7-6-15(12-20-18)29(24,25)23-8-10-26-11-9-23/h2-7,12H,8-11,13H2,1H3. The Hall–Kier alpha value is -2.27. The van der Waals surface area contributed by atoms with Gasteiger partial charge in [0.15, 0.2) is 0 Å². The molecule has 3 aromatic rings. The molecule has 4 rings (SSSR count). The molecule has 1 fully saturated rings. The van der Waals surface area contributed by atoms with Gasteiger partial charge in [0, 0.05) is 24.8 Å². The summed E-state index contributed by atoms with van der Waals surface area (Å²) in [5.41, 5.74) is 2.01. The van der Waals surface area contributed by atoms with Crippen LogP contribution in [-0.4, -0.2) is 54.2 Å². The van der Waals surface area contributed by atoms with Gasteiger partial charge in [-0.2, -0.15) is 9.29 Å². The number of nitrogens with zero attached hydrogens (tertiary/aromatic N) is 4. The number of sulfonamides is 1. The van der Waals surface area contributed by atoms with Crippen molar-refractivity contribution < 1.29 is 17.7 Å². The minimum Gasteiger partial charge on any atom is -0.379 e. The molecule has 1 aliphatic rings. The summed E-state index contributed by atoms with van der Waals surface area (Å²) in [5.74, 6) is 1.49. The van der Waals surface area contributed by atoms with E-state index >= 15 is 0 Å². The maximum atomic E-state index is 12.6. The lowest BCUT2D eigenvalue weighted by Crippen LogP contribution is -2.40. The molecule has 2 aromatic heterocycles. The molecule has 3 heterocycles. The normalized spacial score (nSPS) is 15.5. The highest BCUT2D eigenvalue weighted by Gasteiger charge is 2.26. The molecule has 1 aliphatic heterocycles. The molecule has 152 valence electrons. The largest absolute Gasteiger partial charge is 0.379 e. The van der Waals surface area contributed by atoms with Gasteiger partial charge in [0.1, 0.15) is 4.90 Å².